The lowest BCUT2D eigenvalue weighted by Gasteiger charge is -2.08. The van der Waals surface area contributed by atoms with Gasteiger partial charge in [-0.15, -0.1) is 0 Å². The summed E-state index contributed by atoms with van der Waals surface area (Å²) in [5.74, 6) is -0.319. The lowest BCUT2D eigenvalue weighted by Crippen LogP contribution is -1.97. The third-order valence-electron chi connectivity index (χ3n) is 3.29. The Morgan fingerprint density at radius 3 is 2.62 bits per heavy atom. The molecule has 0 radical (unpaired) electrons. The fourth-order valence-electron chi connectivity index (χ4n) is 2.21. The van der Waals surface area contributed by atoms with Crippen LogP contribution in [-0.4, -0.2) is 4.98 Å². The van der Waals surface area contributed by atoms with Gasteiger partial charge in [0.25, 0.3) is 0 Å². The first kappa shape index (κ1) is 14.0. The molecule has 0 bridgehead atoms. The topological polar surface area (TPSA) is 22.1 Å². The maximum atomic E-state index is 13.7. The Bertz CT molecular complexity index is 776. The summed E-state index contributed by atoms with van der Waals surface area (Å²) in [5.41, 5.74) is 2.21. The average molecular weight is 302 g/mol. The molecule has 3 aromatic rings. The van der Waals surface area contributed by atoms with E-state index in [4.69, 9.17) is 16.3 Å². The maximum Gasteiger partial charge on any atom is 0.149 e. The Balaban J connectivity index is 1.77. The van der Waals surface area contributed by atoms with Crippen LogP contribution in [0.4, 0.5) is 4.39 Å². The van der Waals surface area contributed by atoms with E-state index in [0.29, 0.717) is 23.8 Å². The van der Waals surface area contributed by atoms with E-state index < -0.39 is 0 Å². The quantitative estimate of drug-likeness (QED) is 0.694. The number of hydrogen-bond acceptors (Lipinski definition) is 2. The van der Waals surface area contributed by atoms with Gasteiger partial charge in [-0.25, -0.2) is 4.39 Å². The molecule has 2 nitrogen and oxygen atoms in total. The van der Waals surface area contributed by atoms with Crippen molar-refractivity contribution < 1.29 is 9.13 Å². The van der Waals surface area contributed by atoms with Crippen LogP contribution in [0, 0.1) is 5.82 Å². The molecule has 0 atom stereocenters. The van der Waals surface area contributed by atoms with Crippen molar-refractivity contribution in [3.05, 3.63) is 76.7 Å². The standard InChI is InChI=1S/C17H13ClFNO/c18-15-6-2-1-4-13(15)11-21-10-12-8-9-20-17-14(12)5-3-7-16(17)19/h1-9H,10-11H2. The molecule has 0 saturated carbocycles. The van der Waals surface area contributed by atoms with E-state index in [1.165, 1.54) is 6.07 Å². The van der Waals surface area contributed by atoms with Crippen molar-refractivity contribution in [3.8, 4) is 0 Å². The van der Waals surface area contributed by atoms with Gasteiger partial charge in [0, 0.05) is 16.6 Å². The van der Waals surface area contributed by atoms with Crippen molar-refractivity contribution in [2.24, 2.45) is 0 Å². The lowest BCUT2D eigenvalue weighted by atomic mass is 10.1. The van der Waals surface area contributed by atoms with Crippen LogP contribution in [0.1, 0.15) is 11.1 Å². The third-order valence-corrected chi connectivity index (χ3v) is 3.65. The molecule has 0 aliphatic heterocycles. The number of aromatic nitrogens is 1. The minimum Gasteiger partial charge on any atom is -0.372 e. The van der Waals surface area contributed by atoms with Crippen LogP contribution < -0.4 is 0 Å². The molecule has 106 valence electrons. The monoisotopic (exact) mass is 301 g/mol. The van der Waals surface area contributed by atoms with Crippen molar-refractivity contribution in [3.63, 3.8) is 0 Å². The van der Waals surface area contributed by atoms with E-state index in [1.807, 2.05) is 36.4 Å². The summed E-state index contributed by atoms with van der Waals surface area (Å²) in [7, 11) is 0. The van der Waals surface area contributed by atoms with Crippen molar-refractivity contribution >= 4 is 22.5 Å². The first-order valence-corrected chi connectivity index (χ1v) is 6.97. The molecule has 1 aromatic heterocycles. The second kappa shape index (κ2) is 6.20. The molecule has 3 rings (SSSR count). The lowest BCUT2D eigenvalue weighted by molar-refractivity contribution is 0.108. The van der Waals surface area contributed by atoms with Gasteiger partial charge in [-0.2, -0.15) is 0 Å². The molecule has 4 heteroatoms. The number of pyridine rings is 1. The number of para-hydroxylation sites is 1. The van der Waals surface area contributed by atoms with Crippen molar-refractivity contribution in [2.75, 3.05) is 0 Å². The highest BCUT2D eigenvalue weighted by molar-refractivity contribution is 6.31. The van der Waals surface area contributed by atoms with Gasteiger partial charge < -0.3 is 4.74 Å². The third kappa shape index (κ3) is 3.04. The van der Waals surface area contributed by atoms with E-state index >= 15 is 0 Å². The molecular weight excluding hydrogens is 289 g/mol. The Morgan fingerprint density at radius 2 is 1.76 bits per heavy atom. The van der Waals surface area contributed by atoms with Crippen LogP contribution in [0.3, 0.4) is 0 Å². The second-order valence-corrected chi connectivity index (χ2v) is 5.10. The first-order chi connectivity index (χ1) is 10.3. The van der Waals surface area contributed by atoms with Gasteiger partial charge in [0.2, 0.25) is 0 Å². The Morgan fingerprint density at radius 1 is 0.952 bits per heavy atom. The summed E-state index contributed by atoms with van der Waals surface area (Å²) < 4.78 is 19.4. The van der Waals surface area contributed by atoms with Crippen LogP contribution in [0.25, 0.3) is 10.9 Å². The van der Waals surface area contributed by atoms with Gasteiger partial charge in [0.05, 0.1) is 13.2 Å². The van der Waals surface area contributed by atoms with Gasteiger partial charge in [-0.05, 0) is 29.3 Å². The number of fused-ring (bicyclic) bond motifs is 1. The fourth-order valence-corrected chi connectivity index (χ4v) is 2.40. The van der Waals surface area contributed by atoms with E-state index in [9.17, 15) is 4.39 Å². The Hall–Kier alpha value is -1.97. The van der Waals surface area contributed by atoms with Crippen molar-refractivity contribution in [1.29, 1.82) is 0 Å². The van der Waals surface area contributed by atoms with Gasteiger partial charge in [-0.1, -0.05) is 41.9 Å². The summed E-state index contributed by atoms with van der Waals surface area (Å²) in [6.07, 6.45) is 1.60. The van der Waals surface area contributed by atoms with Crippen LogP contribution >= 0.6 is 11.6 Å². The highest BCUT2D eigenvalue weighted by atomic mass is 35.5. The van der Waals surface area contributed by atoms with Crippen LogP contribution in [-0.2, 0) is 18.0 Å². The Labute approximate surface area is 127 Å². The van der Waals surface area contributed by atoms with E-state index in [1.54, 1.807) is 12.3 Å². The SMILES string of the molecule is Fc1cccc2c(COCc3ccccc3Cl)ccnc12. The molecule has 1 heterocycles. The van der Waals surface area contributed by atoms with Gasteiger partial charge in [-0.3, -0.25) is 4.98 Å². The summed E-state index contributed by atoms with van der Waals surface area (Å²) >= 11 is 6.08. The van der Waals surface area contributed by atoms with E-state index in [-0.39, 0.29) is 5.82 Å². The van der Waals surface area contributed by atoms with Crippen molar-refractivity contribution in [2.45, 2.75) is 13.2 Å². The zero-order valence-corrected chi connectivity index (χ0v) is 12.0. The van der Waals surface area contributed by atoms with Crippen LogP contribution in [0.15, 0.2) is 54.7 Å². The molecule has 0 unspecified atom stereocenters. The normalized spacial score (nSPS) is 11.0. The summed E-state index contributed by atoms with van der Waals surface area (Å²) in [6, 6.07) is 14.3. The average Bonchev–Trinajstić information content (AvgIpc) is 2.50. The number of rotatable bonds is 4. The smallest absolute Gasteiger partial charge is 0.149 e. The molecule has 0 fully saturated rings. The minimum atomic E-state index is -0.319. The van der Waals surface area contributed by atoms with Crippen LogP contribution in [0.2, 0.25) is 5.02 Å². The molecule has 0 spiro atoms. The number of benzene rings is 2. The molecule has 0 amide bonds. The van der Waals surface area contributed by atoms with E-state index in [0.717, 1.165) is 16.5 Å². The largest absolute Gasteiger partial charge is 0.372 e. The second-order valence-electron chi connectivity index (χ2n) is 4.69. The minimum absolute atomic E-state index is 0.319. The maximum absolute atomic E-state index is 13.7. The van der Waals surface area contributed by atoms with Crippen molar-refractivity contribution in [1.82, 2.24) is 4.98 Å². The highest BCUT2D eigenvalue weighted by Crippen LogP contribution is 2.21. The number of ether oxygens (including phenoxy) is 1. The first-order valence-electron chi connectivity index (χ1n) is 6.59. The van der Waals surface area contributed by atoms with Crippen LogP contribution in [0.5, 0.6) is 0 Å². The summed E-state index contributed by atoms with van der Waals surface area (Å²) in [5, 5.41) is 1.46. The molecule has 0 aliphatic carbocycles. The molecule has 2 aromatic carbocycles. The molecular formula is C17H13ClFNO. The van der Waals surface area contributed by atoms with Gasteiger partial charge in [0.1, 0.15) is 11.3 Å². The number of nitrogens with zero attached hydrogens (tertiary/aromatic N) is 1. The summed E-state index contributed by atoms with van der Waals surface area (Å²) in [4.78, 5) is 4.07. The highest BCUT2D eigenvalue weighted by Gasteiger charge is 2.06. The zero-order valence-electron chi connectivity index (χ0n) is 11.2. The Kier molecular flexibility index (Phi) is 4.13. The number of halogens is 2. The zero-order chi connectivity index (χ0) is 14.7. The number of hydrogen-bond donors (Lipinski definition) is 0. The van der Waals surface area contributed by atoms with E-state index in [2.05, 4.69) is 4.98 Å². The van der Waals surface area contributed by atoms with Gasteiger partial charge in [0.15, 0.2) is 0 Å². The predicted octanol–water partition coefficient (Wildman–Crippen LogP) is 4.74. The van der Waals surface area contributed by atoms with Gasteiger partial charge >= 0.3 is 0 Å². The molecule has 21 heavy (non-hydrogen) atoms. The predicted molar refractivity (Wildman–Crippen MR) is 81.6 cm³/mol. The summed E-state index contributed by atoms with van der Waals surface area (Å²) in [6.45, 7) is 0.798. The molecule has 0 N–H and O–H groups in total. The molecule has 0 saturated heterocycles. The molecule has 0 aliphatic rings. The fraction of sp³-hybridized carbons (Fsp3) is 0.118.